The van der Waals surface area contributed by atoms with Crippen LogP contribution in [-0.2, 0) is 0 Å². The first-order valence-corrected chi connectivity index (χ1v) is 8.98. The topological polar surface area (TPSA) is 191 Å². The molecule has 4 rings (SSSR count). The fraction of sp³-hybridized carbons (Fsp3) is 0.143. The zero-order chi connectivity index (χ0) is 22.6. The van der Waals surface area contributed by atoms with Gasteiger partial charge in [0.2, 0.25) is 0 Å². The van der Waals surface area contributed by atoms with Gasteiger partial charge in [0.1, 0.15) is 40.6 Å². The van der Waals surface area contributed by atoms with Crippen LogP contribution in [0.1, 0.15) is 28.7 Å². The zero-order valence-electron chi connectivity index (χ0n) is 15.6. The van der Waals surface area contributed by atoms with Gasteiger partial charge < -0.3 is 50.7 Å². The van der Waals surface area contributed by atoms with Crippen molar-refractivity contribution < 1.29 is 50.7 Å². The van der Waals surface area contributed by atoms with Gasteiger partial charge in [-0.1, -0.05) is 0 Å². The number of rotatable bonds is 2. The highest BCUT2D eigenvalue weighted by Crippen LogP contribution is 2.54. The smallest absolute Gasteiger partial charge is 0.200 e. The van der Waals surface area contributed by atoms with E-state index in [1.54, 1.807) is 0 Å². The van der Waals surface area contributed by atoms with E-state index < -0.39 is 58.4 Å². The molecular formula is C21H18O10. The summed E-state index contributed by atoms with van der Waals surface area (Å²) in [6.45, 7) is 0. The van der Waals surface area contributed by atoms with Gasteiger partial charge >= 0.3 is 0 Å². The Labute approximate surface area is 174 Å². The summed E-state index contributed by atoms with van der Waals surface area (Å²) in [4.78, 5) is 0. The average Bonchev–Trinajstić information content (AvgIpc) is 2.66. The lowest BCUT2D eigenvalue weighted by Gasteiger charge is -2.38. The van der Waals surface area contributed by atoms with Gasteiger partial charge in [0.25, 0.3) is 0 Å². The summed E-state index contributed by atoms with van der Waals surface area (Å²) in [5.41, 5.74) is -0.297. The van der Waals surface area contributed by atoms with E-state index in [9.17, 15) is 46.0 Å². The maximum Gasteiger partial charge on any atom is 0.200 e. The van der Waals surface area contributed by atoms with Crippen molar-refractivity contribution in [2.75, 3.05) is 0 Å². The monoisotopic (exact) mass is 430 g/mol. The normalized spacial score (nSPS) is 20.1. The van der Waals surface area contributed by atoms with Crippen molar-refractivity contribution >= 4 is 0 Å². The number of hydrogen-bond donors (Lipinski definition) is 9. The molecule has 162 valence electrons. The molecule has 0 aromatic heterocycles. The van der Waals surface area contributed by atoms with Crippen molar-refractivity contribution in [2.45, 2.75) is 18.1 Å². The molecule has 0 saturated carbocycles. The van der Waals surface area contributed by atoms with Gasteiger partial charge in [-0.3, -0.25) is 0 Å². The number of phenols is 8. The van der Waals surface area contributed by atoms with Crippen LogP contribution in [0.3, 0.4) is 0 Å². The highest BCUT2D eigenvalue weighted by atomic mass is 16.5. The third-order valence-electron chi connectivity index (χ3n) is 5.17. The molecule has 3 aromatic carbocycles. The lowest BCUT2D eigenvalue weighted by Crippen LogP contribution is -2.35. The highest BCUT2D eigenvalue weighted by molar-refractivity contribution is 5.62. The van der Waals surface area contributed by atoms with Crippen LogP contribution in [0.5, 0.6) is 51.7 Å². The molecule has 0 saturated heterocycles. The quantitative estimate of drug-likeness (QED) is 0.272. The standard InChI is InChI=1S/C21H18O10/c22-8-3-10(24)16(11(25)4-8)18-17-12(26)5-9(23)6-15(17)31-21(20(18)30)7-1-13(27)19(29)14(28)2-7/h1-6,18,20-30H/t18-,20+,21-/m1/s1. The predicted molar refractivity (Wildman–Crippen MR) is 104 cm³/mol. The molecule has 0 aliphatic carbocycles. The fourth-order valence-corrected chi connectivity index (χ4v) is 3.86. The Hall–Kier alpha value is -4.18. The number of fused-ring (bicyclic) bond motifs is 1. The molecule has 0 bridgehead atoms. The van der Waals surface area contributed by atoms with E-state index in [0.29, 0.717) is 0 Å². The molecule has 0 amide bonds. The van der Waals surface area contributed by atoms with Crippen molar-refractivity contribution in [2.24, 2.45) is 0 Å². The minimum atomic E-state index is -1.62. The second-order valence-corrected chi connectivity index (χ2v) is 7.19. The van der Waals surface area contributed by atoms with E-state index in [0.717, 1.165) is 36.4 Å². The summed E-state index contributed by atoms with van der Waals surface area (Å²) in [6, 6.07) is 6.04. The van der Waals surface area contributed by atoms with Gasteiger partial charge in [0.05, 0.1) is 5.92 Å². The summed E-state index contributed by atoms with van der Waals surface area (Å²) in [6.07, 6.45) is -2.96. The van der Waals surface area contributed by atoms with Crippen molar-refractivity contribution in [3.63, 3.8) is 0 Å². The van der Waals surface area contributed by atoms with Crippen molar-refractivity contribution in [1.82, 2.24) is 0 Å². The van der Waals surface area contributed by atoms with Crippen molar-refractivity contribution in [1.29, 1.82) is 0 Å². The third-order valence-corrected chi connectivity index (χ3v) is 5.17. The van der Waals surface area contributed by atoms with E-state index in [1.165, 1.54) is 0 Å². The Bertz CT molecular complexity index is 1140. The third kappa shape index (κ3) is 3.19. The second kappa shape index (κ2) is 6.96. The number of hydrogen-bond acceptors (Lipinski definition) is 10. The van der Waals surface area contributed by atoms with Gasteiger partial charge in [-0.05, 0) is 12.1 Å². The van der Waals surface area contributed by atoms with Gasteiger partial charge in [-0.2, -0.15) is 0 Å². The minimum absolute atomic E-state index is 0.0107. The molecule has 0 unspecified atom stereocenters. The number of aliphatic hydroxyl groups excluding tert-OH is 1. The largest absolute Gasteiger partial charge is 0.508 e. The zero-order valence-corrected chi connectivity index (χ0v) is 15.6. The second-order valence-electron chi connectivity index (χ2n) is 7.19. The number of benzene rings is 3. The molecule has 31 heavy (non-hydrogen) atoms. The first-order chi connectivity index (χ1) is 14.6. The van der Waals surface area contributed by atoms with Crippen molar-refractivity contribution in [3.05, 3.63) is 53.1 Å². The molecule has 1 heterocycles. The summed E-state index contributed by atoms with van der Waals surface area (Å²) >= 11 is 0. The summed E-state index contributed by atoms with van der Waals surface area (Å²) in [7, 11) is 0. The first kappa shape index (κ1) is 20.1. The fourth-order valence-electron chi connectivity index (χ4n) is 3.86. The Kier molecular flexibility index (Phi) is 4.51. The number of phenolic OH excluding ortho intramolecular Hbond substituents is 8. The van der Waals surface area contributed by atoms with Crippen LogP contribution in [0, 0.1) is 0 Å². The van der Waals surface area contributed by atoms with Crippen LogP contribution in [0.4, 0.5) is 0 Å². The van der Waals surface area contributed by atoms with Crippen LogP contribution in [-0.4, -0.2) is 52.1 Å². The lowest BCUT2D eigenvalue weighted by molar-refractivity contribution is 0.00634. The number of ether oxygens (including phenoxy) is 1. The summed E-state index contributed by atoms with van der Waals surface area (Å²) in [5, 5.41) is 91.1. The van der Waals surface area contributed by atoms with Crippen LogP contribution in [0.25, 0.3) is 0 Å². The summed E-state index contributed by atoms with van der Waals surface area (Å²) < 4.78 is 5.71. The molecule has 0 radical (unpaired) electrons. The molecule has 0 fully saturated rings. The molecule has 9 N–H and O–H groups in total. The van der Waals surface area contributed by atoms with Crippen LogP contribution >= 0.6 is 0 Å². The molecule has 1 aliphatic heterocycles. The number of aromatic hydroxyl groups is 8. The van der Waals surface area contributed by atoms with E-state index >= 15 is 0 Å². The number of aliphatic hydroxyl groups is 1. The molecule has 3 aromatic rings. The lowest BCUT2D eigenvalue weighted by atomic mass is 9.79. The molecule has 3 atom stereocenters. The van der Waals surface area contributed by atoms with E-state index in [4.69, 9.17) is 4.74 Å². The van der Waals surface area contributed by atoms with Gasteiger partial charge in [0, 0.05) is 41.0 Å². The maximum atomic E-state index is 11.1. The molecule has 1 aliphatic rings. The molecular weight excluding hydrogens is 412 g/mol. The predicted octanol–water partition coefficient (Wildman–Crippen LogP) is 1.96. The SMILES string of the molecule is Oc1cc(O)c([C@@H]2c3c(O)cc(O)cc3O[C@H](c3cc(O)c(O)c(O)c3)[C@H]2O)c(O)c1. The van der Waals surface area contributed by atoms with Gasteiger partial charge in [0.15, 0.2) is 23.4 Å². The van der Waals surface area contributed by atoms with Gasteiger partial charge in [-0.25, -0.2) is 0 Å². The Morgan fingerprint density at radius 1 is 0.581 bits per heavy atom. The molecule has 10 nitrogen and oxygen atoms in total. The van der Waals surface area contributed by atoms with E-state index in [1.807, 2.05) is 0 Å². The summed E-state index contributed by atoms with van der Waals surface area (Å²) in [5.74, 6) is -6.10. The Morgan fingerprint density at radius 3 is 1.61 bits per heavy atom. The van der Waals surface area contributed by atoms with E-state index in [-0.39, 0.29) is 28.2 Å². The first-order valence-electron chi connectivity index (χ1n) is 8.98. The highest BCUT2D eigenvalue weighted by Gasteiger charge is 2.44. The van der Waals surface area contributed by atoms with Crippen LogP contribution < -0.4 is 4.74 Å². The van der Waals surface area contributed by atoms with Crippen molar-refractivity contribution in [3.8, 4) is 51.7 Å². The van der Waals surface area contributed by atoms with E-state index in [2.05, 4.69) is 0 Å². The molecule has 10 heteroatoms. The Balaban J connectivity index is 1.96. The minimum Gasteiger partial charge on any atom is -0.508 e. The molecule has 0 spiro atoms. The van der Waals surface area contributed by atoms with Gasteiger partial charge in [-0.15, -0.1) is 0 Å². The van der Waals surface area contributed by atoms with Crippen LogP contribution in [0.15, 0.2) is 36.4 Å². The maximum absolute atomic E-state index is 11.1. The average molecular weight is 430 g/mol. The van der Waals surface area contributed by atoms with Crippen LogP contribution in [0.2, 0.25) is 0 Å². The Morgan fingerprint density at radius 2 is 1.06 bits per heavy atom.